The molecule has 0 aromatic heterocycles. The molecule has 0 bridgehead atoms. The Bertz CT molecular complexity index is 80.1. The SMILES string of the molecule is O/C=C1/CCCN1. The minimum atomic E-state index is 0.972. The van der Waals surface area contributed by atoms with Crippen molar-refractivity contribution in [2.45, 2.75) is 12.8 Å². The molecule has 1 aliphatic heterocycles. The van der Waals surface area contributed by atoms with Crippen molar-refractivity contribution >= 4 is 0 Å². The molecule has 1 saturated heterocycles. The van der Waals surface area contributed by atoms with Gasteiger partial charge < -0.3 is 10.4 Å². The van der Waals surface area contributed by atoms with Gasteiger partial charge in [0.2, 0.25) is 0 Å². The minimum Gasteiger partial charge on any atom is -0.514 e. The van der Waals surface area contributed by atoms with E-state index in [0.29, 0.717) is 0 Å². The molecular formula is C5H9NO. The third-order valence-electron chi connectivity index (χ3n) is 1.13. The van der Waals surface area contributed by atoms with Gasteiger partial charge in [-0.05, 0) is 12.8 Å². The Kier molecular flexibility index (Phi) is 1.20. The molecule has 0 unspecified atom stereocenters. The maximum absolute atomic E-state index is 8.34. The third-order valence-corrected chi connectivity index (χ3v) is 1.13. The van der Waals surface area contributed by atoms with Crippen molar-refractivity contribution in [1.82, 2.24) is 5.32 Å². The number of rotatable bonds is 0. The van der Waals surface area contributed by atoms with Gasteiger partial charge in [0.25, 0.3) is 0 Å². The van der Waals surface area contributed by atoms with E-state index in [9.17, 15) is 0 Å². The second-order valence-corrected chi connectivity index (χ2v) is 1.68. The third kappa shape index (κ3) is 0.856. The Hall–Kier alpha value is -0.660. The van der Waals surface area contributed by atoms with E-state index in [0.717, 1.165) is 31.3 Å². The second kappa shape index (κ2) is 1.87. The molecule has 2 N–H and O–H groups in total. The van der Waals surface area contributed by atoms with Crippen LogP contribution in [0.5, 0.6) is 0 Å². The summed E-state index contributed by atoms with van der Waals surface area (Å²) < 4.78 is 0. The molecule has 0 aromatic carbocycles. The molecule has 1 heterocycles. The number of nitrogens with one attached hydrogen (secondary N) is 1. The number of hydrogen-bond donors (Lipinski definition) is 2. The van der Waals surface area contributed by atoms with Crippen LogP contribution in [0.2, 0.25) is 0 Å². The predicted molar refractivity (Wildman–Crippen MR) is 27.9 cm³/mol. The fraction of sp³-hybridized carbons (Fsp3) is 0.600. The largest absolute Gasteiger partial charge is 0.514 e. The summed E-state index contributed by atoms with van der Waals surface area (Å²) >= 11 is 0. The Balaban J connectivity index is 2.41. The summed E-state index contributed by atoms with van der Waals surface area (Å²) in [5, 5.41) is 11.4. The molecule has 0 aliphatic carbocycles. The number of hydrogen-bond acceptors (Lipinski definition) is 2. The van der Waals surface area contributed by atoms with Crippen LogP contribution in [0.3, 0.4) is 0 Å². The fourth-order valence-corrected chi connectivity index (χ4v) is 0.726. The highest BCUT2D eigenvalue weighted by molar-refractivity contribution is 4.98. The van der Waals surface area contributed by atoms with Crippen molar-refractivity contribution in [3.8, 4) is 0 Å². The van der Waals surface area contributed by atoms with Crippen LogP contribution in [0.25, 0.3) is 0 Å². The fourth-order valence-electron chi connectivity index (χ4n) is 0.726. The van der Waals surface area contributed by atoms with Crippen LogP contribution in [0, 0.1) is 0 Å². The topological polar surface area (TPSA) is 32.3 Å². The Morgan fingerprint density at radius 2 is 2.57 bits per heavy atom. The lowest BCUT2D eigenvalue weighted by Crippen LogP contribution is -2.02. The lowest BCUT2D eigenvalue weighted by molar-refractivity contribution is 0.462. The quantitative estimate of drug-likeness (QED) is 0.439. The van der Waals surface area contributed by atoms with E-state index in [-0.39, 0.29) is 0 Å². The van der Waals surface area contributed by atoms with E-state index in [1.54, 1.807) is 0 Å². The predicted octanol–water partition coefficient (Wildman–Crippen LogP) is 0.769. The molecule has 0 spiro atoms. The highest BCUT2D eigenvalue weighted by atomic mass is 16.2. The van der Waals surface area contributed by atoms with E-state index in [1.807, 2.05) is 0 Å². The van der Waals surface area contributed by atoms with Crippen LogP contribution in [-0.4, -0.2) is 11.7 Å². The first kappa shape index (κ1) is 4.50. The van der Waals surface area contributed by atoms with Gasteiger partial charge in [-0.3, -0.25) is 0 Å². The average Bonchev–Trinajstić information content (AvgIpc) is 2.14. The molecule has 0 saturated carbocycles. The van der Waals surface area contributed by atoms with Crippen LogP contribution < -0.4 is 5.32 Å². The van der Waals surface area contributed by atoms with Crippen LogP contribution >= 0.6 is 0 Å². The standard InChI is InChI=1S/C5H9NO/c7-4-5-2-1-3-6-5/h4,6-7H,1-3H2/b5-4-. The molecule has 1 fully saturated rings. The van der Waals surface area contributed by atoms with Crippen LogP contribution in [0.4, 0.5) is 0 Å². The van der Waals surface area contributed by atoms with Gasteiger partial charge >= 0.3 is 0 Å². The molecule has 0 aromatic rings. The van der Waals surface area contributed by atoms with Gasteiger partial charge in [-0.1, -0.05) is 0 Å². The number of allylic oxidation sites excluding steroid dienone is 1. The zero-order valence-electron chi connectivity index (χ0n) is 4.15. The van der Waals surface area contributed by atoms with Gasteiger partial charge in [0.05, 0.1) is 6.26 Å². The van der Waals surface area contributed by atoms with Crippen molar-refractivity contribution in [1.29, 1.82) is 0 Å². The number of aliphatic hydroxyl groups is 1. The Labute approximate surface area is 42.8 Å². The lowest BCUT2D eigenvalue weighted by atomic mass is 10.3. The van der Waals surface area contributed by atoms with Gasteiger partial charge in [-0.25, -0.2) is 0 Å². The Morgan fingerprint density at radius 1 is 1.71 bits per heavy atom. The van der Waals surface area contributed by atoms with Crippen LogP contribution in [-0.2, 0) is 0 Å². The number of aliphatic hydroxyl groups excluding tert-OH is 1. The highest BCUT2D eigenvalue weighted by Gasteiger charge is 2.02. The van der Waals surface area contributed by atoms with E-state index in [1.165, 1.54) is 0 Å². The monoisotopic (exact) mass is 99.1 g/mol. The van der Waals surface area contributed by atoms with E-state index < -0.39 is 0 Å². The maximum atomic E-state index is 8.34. The van der Waals surface area contributed by atoms with E-state index in [4.69, 9.17) is 5.11 Å². The average molecular weight is 99.1 g/mol. The smallest absolute Gasteiger partial charge is 0.0980 e. The first-order chi connectivity index (χ1) is 3.43. The van der Waals surface area contributed by atoms with Crippen molar-refractivity contribution in [2.75, 3.05) is 6.54 Å². The molecule has 0 amide bonds. The van der Waals surface area contributed by atoms with Gasteiger partial charge in [-0.2, -0.15) is 0 Å². The first-order valence-corrected chi connectivity index (χ1v) is 2.50. The molecule has 2 heteroatoms. The highest BCUT2D eigenvalue weighted by Crippen LogP contribution is 2.05. The summed E-state index contributed by atoms with van der Waals surface area (Å²) in [6, 6.07) is 0. The molecule has 1 aliphatic rings. The summed E-state index contributed by atoms with van der Waals surface area (Å²) in [5.74, 6) is 0. The van der Waals surface area contributed by atoms with E-state index >= 15 is 0 Å². The maximum Gasteiger partial charge on any atom is 0.0980 e. The minimum absolute atomic E-state index is 0.972. The first-order valence-electron chi connectivity index (χ1n) is 2.50. The zero-order valence-corrected chi connectivity index (χ0v) is 4.15. The summed E-state index contributed by atoms with van der Waals surface area (Å²) in [6.45, 7) is 1.02. The van der Waals surface area contributed by atoms with Crippen molar-refractivity contribution < 1.29 is 5.11 Å². The lowest BCUT2D eigenvalue weighted by Gasteiger charge is -1.89. The zero-order chi connectivity index (χ0) is 5.11. The Morgan fingerprint density at radius 3 is 2.86 bits per heavy atom. The molecule has 2 nitrogen and oxygen atoms in total. The van der Waals surface area contributed by atoms with Gasteiger partial charge in [0, 0.05) is 12.2 Å². The summed E-state index contributed by atoms with van der Waals surface area (Å²) in [5.41, 5.74) is 0.972. The summed E-state index contributed by atoms with van der Waals surface area (Å²) in [4.78, 5) is 0. The molecule has 0 atom stereocenters. The molecule has 7 heavy (non-hydrogen) atoms. The van der Waals surface area contributed by atoms with Crippen molar-refractivity contribution in [3.63, 3.8) is 0 Å². The van der Waals surface area contributed by atoms with E-state index in [2.05, 4.69) is 5.32 Å². The van der Waals surface area contributed by atoms with Gasteiger partial charge in [0.1, 0.15) is 0 Å². The van der Waals surface area contributed by atoms with Crippen LogP contribution in [0.1, 0.15) is 12.8 Å². The van der Waals surface area contributed by atoms with Gasteiger partial charge in [-0.15, -0.1) is 0 Å². The normalized spacial score (nSPS) is 25.4. The van der Waals surface area contributed by atoms with Crippen molar-refractivity contribution in [2.24, 2.45) is 0 Å². The summed E-state index contributed by atoms with van der Waals surface area (Å²) in [7, 11) is 0. The molecular weight excluding hydrogens is 90.1 g/mol. The van der Waals surface area contributed by atoms with Crippen LogP contribution in [0.15, 0.2) is 12.0 Å². The van der Waals surface area contributed by atoms with Gasteiger partial charge in [0.15, 0.2) is 0 Å². The molecule has 40 valence electrons. The van der Waals surface area contributed by atoms with Crippen molar-refractivity contribution in [3.05, 3.63) is 12.0 Å². The second-order valence-electron chi connectivity index (χ2n) is 1.68. The summed E-state index contributed by atoms with van der Waals surface area (Å²) in [6.07, 6.45) is 3.32. The molecule has 1 rings (SSSR count). The molecule has 0 radical (unpaired) electrons.